The maximum Gasteiger partial charge on any atom is 0.180 e. The predicted molar refractivity (Wildman–Crippen MR) is 76.4 cm³/mol. The van der Waals surface area contributed by atoms with Gasteiger partial charge in [-0.05, 0) is 12.5 Å². The van der Waals surface area contributed by atoms with E-state index in [-0.39, 0.29) is 0 Å². The van der Waals surface area contributed by atoms with E-state index in [4.69, 9.17) is 5.84 Å². The fourth-order valence-corrected chi connectivity index (χ4v) is 3.24. The molecule has 7 heteroatoms. The lowest BCUT2D eigenvalue weighted by Gasteiger charge is -2.10. The van der Waals surface area contributed by atoms with Crippen molar-refractivity contribution in [2.24, 2.45) is 5.84 Å². The summed E-state index contributed by atoms with van der Waals surface area (Å²) < 4.78 is 1.93. The van der Waals surface area contributed by atoms with Crippen LogP contribution >= 0.6 is 11.8 Å². The number of anilines is 1. The molecule has 0 unspecified atom stereocenters. The molecule has 0 saturated carbocycles. The molecule has 0 radical (unpaired) electrons. The molecule has 3 rings (SSSR count). The molecule has 3 N–H and O–H groups in total. The molecule has 1 aliphatic rings. The molecule has 2 aromatic heterocycles. The Morgan fingerprint density at radius 3 is 3.11 bits per heavy atom. The number of hydrogen-bond donors (Lipinski definition) is 2. The molecule has 0 saturated heterocycles. The topological polar surface area (TPSA) is 81.7 Å². The fourth-order valence-electron chi connectivity index (χ4n) is 2.20. The average molecular weight is 276 g/mol. The van der Waals surface area contributed by atoms with Crippen molar-refractivity contribution in [3.63, 3.8) is 0 Å². The number of nitrogens with one attached hydrogen (secondary N) is 1. The second-order valence-corrected chi connectivity index (χ2v) is 5.38. The Balaban J connectivity index is 2.08. The molecule has 3 heterocycles. The van der Waals surface area contributed by atoms with E-state index in [9.17, 15) is 0 Å². The number of hydrogen-bond acceptors (Lipinski definition) is 6. The molecule has 100 valence electrons. The Kier molecular flexibility index (Phi) is 3.39. The number of nitrogens with zero attached hydrogens (tertiary/aromatic N) is 4. The van der Waals surface area contributed by atoms with Gasteiger partial charge in [0.2, 0.25) is 0 Å². The monoisotopic (exact) mass is 276 g/mol. The minimum Gasteiger partial charge on any atom is -0.308 e. The zero-order chi connectivity index (χ0) is 13.2. The van der Waals surface area contributed by atoms with Gasteiger partial charge in [0.25, 0.3) is 0 Å². The highest BCUT2D eigenvalue weighted by Gasteiger charge is 2.21. The molecular formula is C12H16N6S. The van der Waals surface area contributed by atoms with Crippen LogP contribution in [0.25, 0.3) is 11.5 Å². The van der Waals surface area contributed by atoms with E-state index in [0.29, 0.717) is 5.82 Å². The normalized spacial score (nSPS) is 13.6. The number of aromatic nitrogens is 4. The van der Waals surface area contributed by atoms with Gasteiger partial charge < -0.3 is 5.43 Å². The molecule has 0 fully saturated rings. The largest absolute Gasteiger partial charge is 0.308 e. The molecule has 19 heavy (non-hydrogen) atoms. The summed E-state index contributed by atoms with van der Waals surface area (Å²) in [7, 11) is 0. The molecule has 0 atom stereocenters. The number of hydrazine groups is 1. The molecule has 0 spiro atoms. The first-order valence-corrected chi connectivity index (χ1v) is 7.45. The van der Waals surface area contributed by atoms with E-state index >= 15 is 0 Å². The predicted octanol–water partition coefficient (Wildman–Crippen LogP) is 1.78. The van der Waals surface area contributed by atoms with Crippen LogP contribution in [-0.2, 0) is 18.1 Å². The van der Waals surface area contributed by atoms with Crippen molar-refractivity contribution in [3.05, 3.63) is 23.5 Å². The molecule has 0 aliphatic carbocycles. The molecule has 2 aromatic rings. The van der Waals surface area contributed by atoms with Crippen LogP contribution in [0.15, 0.2) is 12.3 Å². The van der Waals surface area contributed by atoms with Gasteiger partial charge in [-0.15, -0.1) is 0 Å². The smallest absolute Gasteiger partial charge is 0.180 e. The average Bonchev–Trinajstić information content (AvgIpc) is 3.06. The molecule has 0 aromatic carbocycles. The van der Waals surface area contributed by atoms with Gasteiger partial charge in [-0.1, -0.05) is 6.92 Å². The third-order valence-corrected chi connectivity index (χ3v) is 4.07. The van der Waals surface area contributed by atoms with Crippen LogP contribution in [0.2, 0.25) is 0 Å². The summed E-state index contributed by atoms with van der Waals surface area (Å²) in [5, 5.41) is 4.31. The number of fused-ring (bicyclic) bond motifs is 1. The zero-order valence-corrected chi connectivity index (χ0v) is 11.6. The van der Waals surface area contributed by atoms with Crippen molar-refractivity contribution >= 4 is 17.6 Å². The van der Waals surface area contributed by atoms with Gasteiger partial charge in [-0.2, -0.15) is 16.9 Å². The molecule has 6 nitrogen and oxygen atoms in total. The van der Waals surface area contributed by atoms with Crippen molar-refractivity contribution in [1.29, 1.82) is 0 Å². The van der Waals surface area contributed by atoms with Crippen LogP contribution in [0, 0.1) is 0 Å². The van der Waals surface area contributed by atoms with Gasteiger partial charge in [0.1, 0.15) is 11.5 Å². The zero-order valence-electron chi connectivity index (χ0n) is 10.8. The fraction of sp³-hybridized carbons (Fsp3) is 0.417. The van der Waals surface area contributed by atoms with E-state index in [1.54, 1.807) is 6.20 Å². The van der Waals surface area contributed by atoms with E-state index in [1.807, 2.05) is 22.5 Å². The first-order valence-electron chi connectivity index (χ1n) is 6.29. The summed E-state index contributed by atoms with van der Waals surface area (Å²) in [6.45, 7) is 2.99. The summed E-state index contributed by atoms with van der Waals surface area (Å²) in [6, 6.07) is 1.94. The highest BCUT2D eigenvalue weighted by atomic mass is 32.2. The highest BCUT2D eigenvalue weighted by Crippen LogP contribution is 2.33. The Hall–Kier alpha value is -1.60. The molecule has 0 bridgehead atoms. The Bertz CT molecular complexity index is 594. The number of thioether (sulfide) groups is 1. The van der Waals surface area contributed by atoms with Crippen molar-refractivity contribution in [3.8, 4) is 11.5 Å². The quantitative estimate of drug-likeness (QED) is 0.654. The number of aryl methyl sites for hydroxylation is 1. The van der Waals surface area contributed by atoms with Gasteiger partial charge in [-0.25, -0.2) is 15.8 Å². The molecular weight excluding hydrogens is 260 g/mol. The summed E-state index contributed by atoms with van der Waals surface area (Å²) in [5.41, 5.74) is 5.83. The summed E-state index contributed by atoms with van der Waals surface area (Å²) in [6.07, 6.45) is 2.81. The van der Waals surface area contributed by atoms with Gasteiger partial charge in [0.05, 0.1) is 5.69 Å². The van der Waals surface area contributed by atoms with E-state index in [1.165, 1.54) is 0 Å². The van der Waals surface area contributed by atoms with Crippen LogP contribution in [0.4, 0.5) is 5.82 Å². The maximum atomic E-state index is 5.57. The van der Waals surface area contributed by atoms with E-state index in [0.717, 1.165) is 47.2 Å². The SMILES string of the molecule is CCCn1nccc1-c1nc2c(c(NN)n1)CSC2. The van der Waals surface area contributed by atoms with E-state index < -0.39 is 0 Å². The lowest BCUT2D eigenvalue weighted by atomic mass is 10.2. The minimum atomic E-state index is 0.695. The highest BCUT2D eigenvalue weighted by molar-refractivity contribution is 7.98. The van der Waals surface area contributed by atoms with Crippen LogP contribution in [0.5, 0.6) is 0 Å². The number of rotatable bonds is 4. The van der Waals surface area contributed by atoms with Crippen molar-refractivity contribution in [2.75, 3.05) is 5.43 Å². The van der Waals surface area contributed by atoms with Gasteiger partial charge in [0, 0.05) is 29.8 Å². The maximum absolute atomic E-state index is 5.57. The van der Waals surface area contributed by atoms with Crippen molar-refractivity contribution in [2.45, 2.75) is 31.4 Å². The lowest BCUT2D eigenvalue weighted by Crippen LogP contribution is -2.13. The first kappa shape index (κ1) is 12.4. The van der Waals surface area contributed by atoms with Crippen molar-refractivity contribution < 1.29 is 0 Å². The summed E-state index contributed by atoms with van der Waals surface area (Å²) >= 11 is 1.83. The Labute approximate surface area is 115 Å². The Morgan fingerprint density at radius 2 is 2.32 bits per heavy atom. The van der Waals surface area contributed by atoms with E-state index in [2.05, 4.69) is 27.4 Å². The van der Waals surface area contributed by atoms with Crippen LogP contribution < -0.4 is 11.3 Å². The first-order chi connectivity index (χ1) is 9.33. The minimum absolute atomic E-state index is 0.695. The van der Waals surface area contributed by atoms with Gasteiger partial charge in [-0.3, -0.25) is 4.68 Å². The Morgan fingerprint density at radius 1 is 1.42 bits per heavy atom. The standard InChI is InChI=1S/C12H16N6S/c1-2-5-18-10(3-4-14-18)12-15-9-7-19-6-8(9)11(16-12)17-13/h3-4H,2,5-7,13H2,1H3,(H,15,16,17). The van der Waals surface area contributed by atoms with Crippen molar-refractivity contribution in [1.82, 2.24) is 19.7 Å². The third kappa shape index (κ3) is 2.19. The van der Waals surface area contributed by atoms with Gasteiger partial charge >= 0.3 is 0 Å². The van der Waals surface area contributed by atoms with Gasteiger partial charge in [0.15, 0.2) is 5.82 Å². The van der Waals surface area contributed by atoms with Crippen LogP contribution in [0.1, 0.15) is 24.6 Å². The number of nitrogens with two attached hydrogens (primary N) is 1. The van der Waals surface area contributed by atoms with Crippen LogP contribution in [0.3, 0.4) is 0 Å². The lowest BCUT2D eigenvalue weighted by molar-refractivity contribution is 0.606. The summed E-state index contributed by atoms with van der Waals surface area (Å²) in [5.74, 6) is 8.83. The second kappa shape index (κ2) is 5.18. The number of nitrogen functional groups attached to an aromatic ring is 1. The summed E-state index contributed by atoms with van der Waals surface area (Å²) in [4.78, 5) is 9.19. The molecule has 1 aliphatic heterocycles. The van der Waals surface area contributed by atoms with Crippen LogP contribution in [-0.4, -0.2) is 19.7 Å². The third-order valence-electron chi connectivity index (χ3n) is 3.10. The second-order valence-electron chi connectivity index (χ2n) is 4.40. The molecule has 0 amide bonds.